The average Bonchev–Trinajstić information content (AvgIpc) is 2.57. The highest BCUT2D eigenvalue weighted by Gasteiger charge is 2.01. The summed E-state index contributed by atoms with van der Waals surface area (Å²) in [6.45, 7) is 3.83. The fourth-order valence-corrected chi connectivity index (χ4v) is 1.36. The van der Waals surface area contributed by atoms with E-state index in [4.69, 9.17) is 11.6 Å². The normalized spacial score (nSPS) is 10.5. The van der Waals surface area contributed by atoms with E-state index in [9.17, 15) is 0 Å². The molecule has 0 radical (unpaired) electrons. The maximum atomic E-state index is 5.93. The van der Waals surface area contributed by atoms with Crippen LogP contribution in [-0.4, -0.2) is 14.8 Å². The Bertz CT molecular complexity index is 462. The molecule has 0 N–H and O–H groups in total. The van der Waals surface area contributed by atoms with E-state index in [2.05, 4.69) is 10.1 Å². The highest BCUT2D eigenvalue weighted by molar-refractivity contribution is 6.31. The minimum Gasteiger partial charge on any atom is -0.221 e. The van der Waals surface area contributed by atoms with E-state index in [0.29, 0.717) is 0 Å². The Hall–Kier alpha value is -1.35. The zero-order valence-electron chi connectivity index (χ0n) is 8.03. The molecule has 0 bridgehead atoms. The molecular weight excluding hydrogens is 198 g/mol. The average molecular weight is 208 g/mol. The van der Waals surface area contributed by atoms with Gasteiger partial charge in [-0.25, -0.2) is 9.67 Å². The largest absolute Gasteiger partial charge is 0.221 e. The fourth-order valence-electron chi connectivity index (χ4n) is 1.24. The molecule has 2 aromatic rings. The number of aromatic nitrogens is 3. The van der Waals surface area contributed by atoms with E-state index in [1.165, 1.54) is 0 Å². The number of hydrogen-bond donors (Lipinski definition) is 0. The van der Waals surface area contributed by atoms with Crippen molar-refractivity contribution in [2.24, 2.45) is 0 Å². The highest BCUT2D eigenvalue weighted by atomic mass is 35.5. The molecule has 0 aliphatic carbocycles. The van der Waals surface area contributed by atoms with Gasteiger partial charge >= 0.3 is 0 Å². The van der Waals surface area contributed by atoms with Gasteiger partial charge < -0.3 is 0 Å². The molecule has 0 aliphatic heterocycles. The Morgan fingerprint density at radius 2 is 2.07 bits per heavy atom. The number of aryl methyl sites for hydroxylation is 2. The third-order valence-corrected chi connectivity index (χ3v) is 2.44. The standard InChI is InChI=1S/C10H10ClN3/c1-7-5-9(3-4-10(7)11)14-6-12-8(2)13-14/h3-6H,1-2H3. The summed E-state index contributed by atoms with van der Waals surface area (Å²) >= 11 is 5.93. The van der Waals surface area contributed by atoms with Crippen molar-refractivity contribution in [3.05, 3.63) is 40.9 Å². The van der Waals surface area contributed by atoms with Gasteiger partial charge in [-0.1, -0.05) is 11.6 Å². The molecule has 0 fully saturated rings. The van der Waals surface area contributed by atoms with Crippen LogP contribution in [0.1, 0.15) is 11.4 Å². The van der Waals surface area contributed by atoms with Crippen molar-refractivity contribution in [1.82, 2.24) is 14.8 Å². The third-order valence-electron chi connectivity index (χ3n) is 2.01. The van der Waals surface area contributed by atoms with E-state index in [-0.39, 0.29) is 0 Å². The van der Waals surface area contributed by atoms with Crippen LogP contribution in [0.3, 0.4) is 0 Å². The first-order chi connectivity index (χ1) is 6.66. The smallest absolute Gasteiger partial charge is 0.147 e. The summed E-state index contributed by atoms with van der Waals surface area (Å²) in [5.41, 5.74) is 2.02. The van der Waals surface area contributed by atoms with E-state index in [1.807, 2.05) is 32.0 Å². The number of hydrogen-bond acceptors (Lipinski definition) is 2. The molecule has 0 saturated carbocycles. The Labute approximate surface area is 87.3 Å². The molecule has 72 valence electrons. The molecule has 4 heteroatoms. The summed E-state index contributed by atoms with van der Waals surface area (Å²) in [7, 11) is 0. The monoisotopic (exact) mass is 207 g/mol. The van der Waals surface area contributed by atoms with Crippen molar-refractivity contribution >= 4 is 11.6 Å². The maximum Gasteiger partial charge on any atom is 0.147 e. The van der Waals surface area contributed by atoms with E-state index in [0.717, 1.165) is 22.1 Å². The van der Waals surface area contributed by atoms with Crippen LogP contribution in [-0.2, 0) is 0 Å². The van der Waals surface area contributed by atoms with Crippen molar-refractivity contribution in [1.29, 1.82) is 0 Å². The number of benzene rings is 1. The molecule has 1 aromatic carbocycles. The lowest BCUT2D eigenvalue weighted by atomic mass is 10.2. The van der Waals surface area contributed by atoms with Gasteiger partial charge in [0.1, 0.15) is 12.2 Å². The Balaban J connectivity index is 2.47. The number of halogens is 1. The van der Waals surface area contributed by atoms with Crippen LogP contribution in [0.25, 0.3) is 5.69 Å². The lowest BCUT2D eigenvalue weighted by Gasteiger charge is -2.02. The zero-order valence-corrected chi connectivity index (χ0v) is 8.78. The summed E-state index contributed by atoms with van der Waals surface area (Å²) in [6.07, 6.45) is 1.69. The van der Waals surface area contributed by atoms with Gasteiger partial charge in [0, 0.05) is 5.02 Å². The van der Waals surface area contributed by atoms with Crippen LogP contribution in [0.2, 0.25) is 5.02 Å². The molecule has 0 unspecified atom stereocenters. The number of rotatable bonds is 1. The predicted molar refractivity (Wildman–Crippen MR) is 55.8 cm³/mol. The Kier molecular flexibility index (Phi) is 2.25. The Morgan fingerprint density at radius 1 is 1.29 bits per heavy atom. The van der Waals surface area contributed by atoms with Crippen LogP contribution in [0.4, 0.5) is 0 Å². The lowest BCUT2D eigenvalue weighted by Crippen LogP contribution is -1.95. The number of nitrogens with zero attached hydrogens (tertiary/aromatic N) is 3. The van der Waals surface area contributed by atoms with Gasteiger partial charge in [-0.3, -0.25) is 0 Å². The van der Waals surface area contributed by atoms with Crippen molar-refractivity contribution < 1.29 is 0 Å². The third kappa shape index (κ3) is 1.63. The van der Waals surface area contributed by atoms with Crippen LogP contribution in [0, 0.1) is 13.8 Å². The summed E-state index contributed by atoms with van der Waals surface area (Å²) in [4.78, 5) is 4.06. The first-order valence-corrected chi connectivity index (χ1v) is 4.69. The second-order valence-electron chi connectivity index (χ2n) is 3.17. The van der Waals surface area contributed by atoms with E-state index in [1.54, 1.807) is 11.0 Å². The van der Waals surface area contributed by atoms with Gasteiger partial charge in [-0.2, -0.15) is 5.10 Å². The molecule has 0 atom stereocenters. The minimum atomic E-state index is 0.762. The van der Waals surface area contributed by atoms with E-state index >= 15 is 0 Å². The summed E-state index contributed by atoms with van der Waals surface area (Å²) in [5, 5.41) is 4.98. The van der Waals surface area contributed by atoms with Crippen LogP contribution in [0.5, 0.6) is 0 Å². The molecule has 2 rings (SSSR count). The van der Waals surface area contributed by atoms with Crippen molar-refractivity contribution in [2.45, 2.75) is 13.8 Å². The van der Waals surface area contributed by atoms with Crippen molar-refractivity contribution in [3.63, 3.8) is 0 Å². The first kappa shape index (κ1) is 9.21. The summed E-state index contributed by atoms with van der Waals surface area (Å²) in [5.74, 6) is 0.762. The summed E-state index contributed by atoms with van der Waals surface area (Å²) in [6, 6.07) is 5.77. The summed E-state index contributed by atoms with van der Waals surface area (Å²) < 4.78 is 1.73. The molecular formula is C10H10ClN3. The lowest BCUT2D eigenvalue weighted by molar-refractivity contribution is 0.861. The quantitative estimate of drug-likeness (QED) is 0.720. The second kappa shape index (κ2) is 3.42. The molecule has 3 nitrogen and oxygen atoms in total. The SMILES string of the molecule is Cc1ncn(-c2ccc(Cl)c(C)c2)n1. The van der Waals surface area contributed by atoms with Crippen molar-refractivity contribution in [2.75, 3.05) is 0 Å². The zero-order chi connectivity index (χ0) is 10.1. The Morgan fingerprint density at radius 3 is 2.64 bits per heavy atom. The second-order valence-corrected chi connectivity index (χ2v) is 3.58. The van der Waals surface area contributed by atoms with Crippen LogP contribution in [0.15, 0.2) is 24.5 Å². The first-order valence-electron chi connectivity index (χ1n) is 4.31. The van der Waals surface area contributed by atoms with Gasteiger partial charge in [0.25, 0.3) is 0 Å². The van der Waals surface area contributed by atoms with Gasteiger partial charge in [-0.15, -0.1) is 0 Å². The van der Waals surface area contributed by atoms with Gasteiger partial charge in [-0.05, 0) is 37.6 Å². The highest BCUT2D eigenvalue weighted by Crippen LogP contribution is 2.18. The van der Waals surface area contributed by atoms with Crippen LogP contribution < -0.4 is 0 Å². The topological polar surface area (TPSA) is 30.7 Å². The van der Waals surface area contributed by atoms with E-state index < -0.39 is 0 Å². The molecule has 0 aliphatic rings. The van der Waals surface area contributed by atoms with Crippen molar-refractivity contribution in [3.8, 4) is 5.69 Å². The molecule has 0 saturated heterocycles. The minimum absolute atomic E-state index is 0.762. The van der Waals surface area contributed by atoms with Gasteiger partial charge in [0.05, 0.1) is 5.69 Å². The molecule has 0 amide bonds. The predicted octanol–water partition coefficient (Wildman–Crippen LogP) is 2.54. The molecule has 14 heavy (non-hydrogen) atoms. The fraction of sp³-hybridized carbons (Fsp3) is 0.200. The molecule has 0 spiro atoms. The molecule has 1 aromatic heterocycles. The van der Waals surface area contributed by atoms with Crippen LogP contribution >= 0.6 is 11.6 Å². The maximum absolute atomic E-state index is 5.93. The molecule has 1 heterocycles. The van der Waals surface area contributed by atoms with Gasteiger partial charge in [0.2, 0.25) is 0 Å². The van der Waals surface area contributed by atoms with Gasteiger partial charge in [0.15, 0.2) is 0 Å².